The SMILES string of the molecule is O=C(O)C1CC(O)CN1C(=O)NC1CCCCCC1. The molecule has 0 aromatic rings. The molecular formula is C13H22N2O4. The summed E-state index contributed by atoms with van der Waals surface area (Å²) in [6.07, 6.45) is 5.92. The quantitative estimate of drug-likeness (QED) is 0.651. The van der Waals surface area contributed by atoms with E-state index in [4.69, 9.17) is 5.11 Å². The fraction of sp³-hybridized carbons (Fsp3) is 0.846. The zero-order valence-corrected chi connectivity index (χ0v) is 11.0. The van der Waals surface area contributed by atoms with Crippen molar-refractivity contribution in [2.24, 2.45) is 0 Å². The molecule has 2 unspecified atom stereocenters. The second-order valence-corrected chi connectivity index (χ2v) is 5.53. The van der Waals surface area contributed by atoms with E-state index < -0.39 is 18.1 Å². The number of aliphatic carboxylic acids is 1. The Morgan fingerprint density at radius 1 is 1.11 bits per heavy atom. The molecule has 1 saturated heterocycles. The number of aliphatic hydroxyl groups is 1. The van der Waals surface area contributed by atoms with Crippen LogP contribution in [0.1, 0.15) is 44.9 Å². The van der Waals surface area contributed by atoms with Crippen LogP contribution in [0.4, 0.5) is 4.79 Å². The summed E-state index contributed by atoms with van der Waals surface area (Å²) < 4.78 is 0. The fourth-order valence-corrected chi connectivity index (χ4v) is 2.95. The number of hydrogen-bond donors (Lipinski definition) is 3. The van der Waals surface area contributed by atoms with Crippen LogP contribution in [0.5, 0.6) is 0 Å². The molecule has 0 radical (unpaired) electrons. The summed E-state index contributed by atoms with van der Waals surface area (Å²) in [5.74, 6) is -1.05. The molecule has 0 aromatic carbocycles. The van der Waals surface area contributed by atoms with Crippen LogP contribution >= 0.6 is 0 Å². The maximum absolute atomic E-state index is 12.1. The third kappa shape index (κ3) is 3.59. The van der Waals surface area contributed by atoms with E-state index in [2.05, 4.69) is 5.32 Å². The summed E-state index contributed by atoms with van der Waals surface area (Å²) in [5, 5.41) is 21.5. The maximum atomic E-state index is 12.1. The van der Waals surface area contributed by atoms with Crippen LogP contribution in [0.3, 0.4) is 0 Å². The van der Waals surface area contributed by atoms with Crippen LogP contribution in [0.25, 0.3) is 0 Å². The number of amides is 2. The Morgan fingerprint density at radius 3 is 2.32 bits per heavy atom. The molecule has 2 rings (SSSR count). The minimum atomic E-state index is -1.05. The second kappa shape index (κ2) is 6.23. The molecule has 6 nitrogen and oxygen atoms in total. The highest BCUT2D eigenvalue weighted by atomic mass is 16.4. The third-order valence-electron chi connectivity index (χ3n) is 4.01. The number of hydrogen-bond acceptors (Lipinski definition) is 3. The van der Waals surface area contributed by atoms with E-state index in [0.717, 1.165) is 25.7 Å². The normalized spacial score (nSPS) is 29.0. The highest BCUT2D eigenvalue weighted by Gasteiger charge is 2.39. The number of rotatable bonds is 2. The smallest absolute Gasteiger partial charge is 0.326 e. The Labute approximate surface area is 112 Å². The summed E-state index contributed by atoms with van der Waals surface area (Å²) in [5.41, 5.74) is 0. The van der Waals surface area contributed by atoms with Gasteiger partial charge in [0.15, 0.2) is 0 Å². The average Bonchev–Trinajstić information content (AvgIpc) is 2.58. The number of nitrogens with one attached hydrogen (secondary N) is 1. The van der Waals surface area contributed by atoms with E-state index in [9.17, 15) is 14.7 Å². The number of aliphatic hydroxyl groups excluding tert-OH is 1. The lowest BCUT2D eigenvalue weighted by atomic mass is 10.1. The van der Waals surface area contributed by atoms with Gasteiger partial charge >= 0.3 is 12.0 Å². The van der Waals surface area contributed by atoms with Crippen LogP contribution in [0, 0.1) is 0 Å². The minimum Gasteiger partial charge on any atom is -0.480 e. The molecule has 1 heterocycles. The van der Waals surface area contributed by atoms with Crippen molar-refractivity contribution in [1.82, 2.24) is 10.2 Å². The Morgan fingerprint density at radius 2 is 1.74 bits per heavy atom. The summed E-state index contributed by atoms with van der Waals surface area (Å²) in [6.45, 7) is 0.107. The predicted molar refractivity (Wildman–Crippen MR) is 68.8 cm³/mol. The Kier molecular flexibility index (Phi) is 4.63. The molecule has 1 aliphatic carbocycles. The summed E-state index contributed by atoms with van der Waals surface area (Å²) >= 11 is 0. The van der Waals surface area contributed by atoms with Gasteiger partial charge in [-0.3, -0.25) is 0 Å². The van der Waals surface area contributed by atoms with E-state index in [1.54, 1.807) is 0 Å². The topological polar surface area (TPSA) is 89.9 Å². The number of urea groups is 1. The summed E-state index contributed by atoms with van der Waals surface area (Å²) in [7, 11) is 0. The molecule has 1 aliphatic heterocycles. The molecule has 3 N–H and O–H groups in total. The third-order valence-corrected chi connectivity index (χ3v) is 4.01. The van der Waals surface area contributed by atoms with Crippen LogP contribution in [-0.2, 0) is 4.79 Å². The number of β-amino-alcohol motifs (C(OH)–C–C–N with tert-alkyl or cyclic N) is 1. The van der Waals surface area contributed by atoms with Gasteiger partial charge < -0.3 is 20.4 Å². The highest BCUT2D eigenvalue weighted by molar-refractivity contribution is 5.83. The van der Waals surface area contributed by atoms with Gasteiger partial charge in [0, 0.05) is 19.0 Å². The van der Waals surface area contributed by atoms with E-state index >= 15 is 0 Å². The zero-order valence-electron chi connectivity index (χ0n) is 11.0. The largest absolute Gasteiger partial charge is 0.480 e. The van der Waals surface area contributed by atoms with E-state index in [1.807, 2.05) is 0 Å². The average molecular weight is 270 g/mol. The first-order valence-electron chi connectivity index (χ1n) is 7.06. The molecule has 1 saturated carbocycles. The number of nitrogens with zero attached hydrogens (tertiary/aromatic N) is 1. The molecule has 108 valence electrons. The van der Waals surface area contributed by atoms with E-state index in [0.29, 0.717) is 0 Å². The predicted octanol–water partition coefficient (Wildman–Crippen LogP) is 0.939. The van der Waals surface area contributed by atoms with Gasteiger partial charge in [0.05, 0.1) is 6.10 Å². The van der Waals surface area contributed by atoms with Crippen LogP contribution in [0.2, 0.25) is 0 Å². The lowest BCUT2D eigenvalue weighted by Crippen LogP contribution is -2.49. The highest BCUT2D eigenvalue weighted by Crippen LogP contribution is 2.21. The molecule has 0 spiro atoms. The van der Waals surface area contributed by atoms with Crippen LogP contribution < -0.4 is 5.32 Å². The van der Waals surface area contributed by atoms with Crippen molar-refractivity contribution in [2.45, 2.75) is 63.1 Å². The van der Waals surface area contributed by atoms with E-state index in [1.165, 1.54) is 17.7 Å². The first-order chi connectivity index (χ1) is 9.08. The number of carbonyl (C=O) groups excluding carboxylic acids is 1. The van der Waals surface area contributed by atoms with Crippen LogP contribution in [-0.4, -0.2) is 51.8 Å². The van der Waals surface area contributed by atoms with Gasteiger partial charge in [-0.1, -0.05) is 25.7 Å². The second-order valence-electron chi connectivity index (χ2n) is 5.53. The lowest BCUT2D eigenvalue weighted by molar-refractivity contribution is -0.141. The van der Waals surface area contributed by atoms with Gasteiger partial charge in [-0.25, -0.2) is 9.59 Å². The Hall–Kier alpha value is -1.30. The van der Waals surface area contributed by atoms with Crippen molar-refractivity contribution in [3.8, 4) is 0 Å². The van der Waals surface area contributed by atoms with Gasteiger partial charge in [-0.05, 0) is 12.8 Å². The van der Waals surface area contributed by atoms with Gasteiger partial charge in [-0.15, -0.1) is 0 Å². The zero-order chi connectivity index (χ0) is 13.8. The van der Waals surface area contributed by atoms with Crippen molar-refractivity contribution in [1.29, 1.82) is 0 Å². The maximum Gasteiger partial charge on any atom is 0.326 e. The Bertz CT molecular complexity index is 340. The first-order valence-corrected chi connectivity index (χ1v) is 7.06. The van der Waals surface area contributed by atoms with Crippen LogP contribution in [0.15, 0.2) is 0 Å². The van der Waals surface area contributed by atoms with Crippen molar-refractivity contribution in [3.05, 3.63) is 0 Å². The molecule has 2 fully saturated rings. The number of likely N-dealkylation sites (tertiary alicyclic amines) is 1. The lowest BCUT2D eigenvalue weighted by Gasteiger charge is -2.25. The molecule has 2 amide bonds. The summed E-state index contributed by atoms with van der Waals surface area (Å²) in [4.78, 5) is 24.5. The standard InChI is InChI=1S/C13H22N2O4/c16-10-7-11(12(17)18)15(8-10)13(19)14-9-5-3-1-2-4-6-9/h9-11,16H,1-8H2,(H,14,19)(H,17,18). The number of carboxylic acids is 1. The van der Waals surface area contributed by atoms with Crippen molar-refractivity contribution in [3.63, 3.8) is 0 Å². The summed E-state index contributed by atoms with van der Waals surface area (Å²) in [6, 6.07) is -1.11. The molecule has 2 aliphatic rings. The van der Waals surface area contributed by atoms with Gasteiger partial charge in [0.2, 0.25) is 0 Å². The van der Waals surface area contributed by atoms with Gasteiger partial charge in [-0.2, -0.15) is 0 Å². The fourth-order valence-electron chi connectivity index (χ4n) is 2.95. The molecule has 0 aromatic heterocycles. The van der Waals surface area contributed by atoms with Crippen molar-refractivity contribution in [2.75, 3.05) is 6.54 Å². The van der Waals surface area contributed by atoms with Crippen molar-refractivity contribution >= 4 is 12.0 Å². The first kappa shape index (κ1) is 14.1. The molecule has 2 atom stereocenters. The number of carbonyl (C=O) groups is 2. The molecular weight excluding hydrogens is 248 g/mol. The van der Waals surface area contributed by atoms with Gasteiger partial charge in [0.1, 0.15) is 6.04 Å². The molecule has 6 heteroatoms. The minimum absolute atomic E-state index is 0.107. The Balaban J connectivity index is 1.92. The van der Waals surface area contributed by atoms with E-state index in [-0.39, 0.29) is 25.0 Å². The molecule has 19 heavy (non-hydrogen) atoms. The number of carboxylic acid groups (broad SMARTS) is 1. The molecule has 0 bridgehead atoms. The van der Waals surface area contributed by atoms with Crippen molar-refractivity contribution < 1.29 is 19.8 Å². The monoisotopic (exact) mass is 270 g/mol. The van der Waals surface area contributed by atoms with Gasteiger partial charge in [0.25, 0.3) is 0 Å².